The number of amides is 1. The summed E-state index contributed by atoms with van der Waals surface area (Å²) >= 11 is 5.04. The van der Waals surface area contributed by atoms with E-state index in [1.165, 1.54) is 0 Å². The third-order valence-electron chi connectivity index (χ3n) is 4.02. The lowest BCUT2D eigenvalue weighted by Gasteiger charge is -2.37. The van der Waals surface area contributed by atoms with Crippen LogP contribution in [0.5, 0.6) is 0 Å². The molecule has 2 atom stereocenters. The molecule has 1 aromatic rings. The van der Waals surface area contributed by atoms with Crippen molar-refractivity contribution in [2.75, 3.05) is 12.3 Å². The fraction of sp³-hybridized carbons (Fsp3) is 0.500. The van der Waals surface area contributed by atoms with Gasteiger partial charge in [0.05, 0.1) is 5.92 Å². The number of carbonyl (C=O) groups excluding carboxylic acids is 1. The molecule has 2 rings (SSSR count). The van der Waals surface area contributed by atoms with Gasteiger partial charge < -0.3 is 10.0 Å². The molecule has 0 aromatic heterocycles. The second-order valence-electron chi connectivity index (χ2n) is 5.47. The summed E-state index contributed by atoms with van der Waals surface area (Å²) in [5.41, 5.74) is 0. The van der Waals surface area contributed by atoms with E-state index in [1.54, 1.807) is 16.7 Å². The molecule has 1 heterocycles. The summed E-state index contributed by atoms with van der Waals surface area (Å²) in [5.74, 6) is -0.462. The predicted molar refractivity (Wildman–Crippen MR) is 91.0 cm³/mol. The Morgan fingerprint density at radius 3 is 2.68 bits per heavy atom. The summed E-state index contributed by atoms with van der Waals surface area (Å²) in [6.07, 6.45) is 1.87. The minimum atomic E-state index is -0.797. The lowest BCUT2D eigenvalue weighted by Crippen LogP contribution is -2.49. The number of hydrogen-bond acceptors (Lipinski definition) is 3. The van der Waals surface area contributed by atoms with Crippen LogP contribution in [0.25, 0.3) is 0 Å². The van der Waals surface area contributed by atoms with Crippen molar-refractivity contribution in [2.45, 2.75) is 37.1 Å². The molecule has 6 heteroatoms. The molecule has 0 unspecified atom stereocenters. The van der Waals surface area contributed by atoms with Crippen molar-refractivity contribution in [1.82, 2.24) is 4.90 Å². The van der Waals surface area contributed by atoms with Gasteiger partial charge in [0.15, 0.2) is 0 Å². The molecule has 1 fully saturated rings. The molecular weight excluding hydrogens is 366 g/mol. The van der Waals surface area contributed by atoms with E-state index in [0.717, 1.165) is 15.8 Å². The van der Waals surface area contributed by atoms with E-state index in [-0.39, 0.29) is 11.9 Å². The smallest absolute Gasteiger partial charge is 0.308 e. The molecule has 4 nitrogen and oxygen atoms in total. The van der Waals surface area contributed by atoms with Crippen LogP contribution in [0.1, 0.15) is 26.2 Å². The van der Waals surface area contributed by atoms with Crippen molar-refractivity contribution in [3.05, 3.63) is 28.7 Å². The van der Waals surface area contributed by atoms with E-state index in [2.05, 4.69) is 15.9 Å². The van der Waals surface area contributed by atoms with E-state index in [9.17, 15) is 14.7 Å². The van der Waals surface area contributed by atoms with Crippen molar-refractivity contribution in [3.63, 3.8) is 0 Å². The number of aliphatic carboxylic acids is 1. The van der Waals surface area contributed by atoms with Gasteiger partial charge in [0.2, 0.25) is 5.91 Å². The zero-order valence-corrected chi connectivity index (χ0v) is 14.9. The van der Waals surface area contributed by atoms with Crippen LogP contribution in [0.2, 0.25) is 0 Å². The minimum absolute atomic E-state index is 0.0584. The van der Waals surface area contributed by atoms with Crippen LogP contribution in [0.4, 0.5) is 0 Å². The summed E-state index contributed by atoms with van der Waals surface area (Å²) in [5, 5.41) is 9.21. The number of likely N-dealkylation sites (tertiary alicyclic amines) is 1. The van der Waals surface area contributed by atoms with Crippen LogP contribution >= 0.6 is 27.7 Å². The Morgan fingerprint density at radius 1 is 1.36 bits per heavy atom. The molecule has 0 saturated carbocycles. The van der Waals surface area contributed by atoms with E-state index in [4.69, 9.17) is 0 Å². The number of thioether (sulfide) groups is 1. The van der Waals surface area contributed by atoms with Crippen LogP contribution in [0.15, 0.2) is 33.6 Å². The maximum Gasteiger partial charge on any atom is 0.308 e. The lowest BCUT2D eigenvalue weighted by molar-refractivity contribution is -0.148. The van der Waals surface area contributed by atoms with E-state index in [1.807, 2.05) is 31.2 Å². The van der Waals surface area contributed by atoms with Crippen molar-refractivity contribution in [2.24, 2.45) is 5.92 Å². The number of hydrogen-bond donors (Lipinski definition) is 1. The number of piperidine rings is 1. The summed E-state index contributed by atoms with van der Waals surface area (Å²) in [4.78, 5) is 26.4. The fourth-order valence-electron chi connectivity index (χ4n) is 2.76. The highest BCUT2D eigenvalue weighted by Crippen LogP contribution is 2.26. The zero-order chi connectivity index (χ0) is 16.1. The van der Waals surface area contributed by atoms with Crippen LogP contribution in [0.3, 0.4) is 0 Å². The monoisotopic (exact) mass is 385 g/mol. The Morgan fingerprint density at radius 2 is 2.05 bits per heavy atom. The number of benzene rings is 1. The molecule has 0 bridgehead atoms. The number of halogens is 1. The highest BCUT2D eigenvalue weighted by molar-refractivity contribution is 9.10. The SMILES string of the molecule is C[C@@H]1[C@H](C(=O)O)CCCN1C(=O)CCSc1ccc(Br)cc1. The molecule has 1 aliphatic heterocycles. The maximum atomic E-state index is 12.3. The second kappa shape index (κ2) is 8.02. The topological polar surface area (TPSA) is 57.6 Å². The summed E-state index contributed by atoms with van der Waals surface area (Å²) < 4.78 is 1.04. The molecule has 1 amide bonds. The van der Waals surface area contributed by atoms with E-state index in [0.29, 0.717) is 25.1 Å². The number of carbonyl (C=O) groups is 2. The molecule has 0 spiro atoms. The first-order valence-corrected chi connectivity index (χ1v) is 9.17. The summed E-state index contributed by atoms with van der Waals surface area (Å²) in [7, 11) is 0. The van der Waals surface area contributed by atoms with Crippen LogP contribution in [0, 0.1) is 5.92 Å². The van der Waals surface area contributed by atoms with Crippen molar-refractivity contribution >= 4 is 39.6 Å². The first-order chi connectivity index (χ1) is 10.5. The van der Waals surface area contributed by atoms with Gasteiger partial charge in [0.25, 0.3) is 0 Å². The first kappa shape index (κ1) is 17.3. The van der Waals surface area contributed by atoms with Gasteiger partial charge in [0.1, 0.15) is 0 Å². The summed E-state index contributed by atoms with van der Waals surface area (Å²) in [6, 6.07) is 7.78. The Hall–Kier alpha value is -1.01. The quantitative estimate of drug-likeness (QED) is 0.785. The van der Waals surface area contributed by atoms with Crippen LogP contribution in [-0.2, 0) is 9.59 Å². The van der Waals surface area contributed by atoms with E-state index >= 15 is 0 Å². The normalized spacial score (nSPS) is 21.6. The Labute approximate surface area is 143 Å². The molecule has 1 N–H and O–H groups in total. The van der Waals surface area contributed by atoms with Crippen LogP contribution in [-0.4, -0.2) is 40.2 Å². The average Bonchev–Trinajstić information content (AvgIpc) is 2.49. The standard InChI is InChI=1S/C16H20BrNO3S/c1-11-14(16(20)21)3-2-9-18(11)15(19)8-10-22-13-6-4-12(17)5-7-13/h4-7,11,14H,2-3,8-10H2,1H3,(H,20,21)/t11-,14-/m1/s1. The molecule has 120 valence electrons. The Bertz CT molecular complexity index is 535. The van der Waals surface area contributed by atoms with Gasteiger partial charge in [-0.25, -0.2) is 0 Å². The third kappa shape index (κ3) is 4.49. The molecular formula is C16H20BrNO3S. The average molecular weight is 386 g/mol. The van der Waals surface area contributed by atoms with Crippen LogP contribution < -0.4 is 0 Å². The fourth-order valence-corrected chi connectivity index (χ4v) is 3.86. The molecule has 1 aliphatic rings. The number of nitrogens with zero attached hydrogens (tertiary/aromatic N) is 1. The van der Waals surface area contributed by atoms with Crippen molar-refractivity contribution in [3.8, 4) is 0 Å². The van der Waals surface area contributed by atoms with Gasteiger partial charge in [-0.2, -0.15) is 0 Å². The van der Waals surface area contributed by atoms with Gasteiger partial charge in [0, 0.05) is 34.1 Å². The highest BCUT2D eigenvalue weighted by atomic mass is 79.9. The van der Waals surface area contributed by atoms with E-state index < -0.39 is 11.9 Å². The molecule has 1 saturated heterocycles. The molecule has 0 aliphatic carbocycles. The van der Waals surface area contributed by atoms with Gasteiger partial charge in [-0.1, -0.05) is 15.9 Å². The Balaban J connectivity index is 1.83. The number of rotatable bonds is 5. The number of carboxylic acids is 1. The molecule has 22 heavy (non-hydrogen) atoms. The third-order valence-corrected chi connectivity index (χ3v) is 5.57. The Kier molecular flexibility index (Phi) is 6.32. The second-order valence-corrected chi connectivity index (χ2v) is 7.55. The molecule has 1 aromatic carbocycles. The van der Waals surface area contributed by atoms with Gasteiger partial charge >= 0.3 is 5.97 Å². The lowest BCUT2D eigenvalue weighted by atomic mass is 9.90. The number of carboxylic acid groups (broad SMARTS) is 1. The minimum Gasteiger partial charge on any atom is -0.481 e. The van der Waals surface area contributed by atoms with Crippen molar-refractivity contribution in [1.29, 1.82) is 0 Å². The van der Waals surface area contributed by atoms with Gasteiger partial charge in [-0.3, -0.25) is 9.59 Å². The largest absolute Gasteiger partial charge is 0.481 e. The maximum absolute atomic E-state index is 12.3. The van der Waals surface area contributed by atoms with Gasteiger partial charge in [-0.15, -0.1) is 11.8 Å². The molecule has 0 radical (unpaired) electrons. The predicted octanol–water partition coefficient (Wildman–Crippen LogP) is 3.64. The summed E-state index contributed by atoms with van der Waals surface area (Å²) in [6.45, 7) is 2.52. The first-order valence-electron chi connectivity index (χ1n) is 7.39. The highest BCUT2D eigenvalue weighted by Gasteiger charge is 2.34. The van der Waals surface area contributed by atoms with Crippen molar-refractivity contribution < 1.29 is 14.7 Å². The zero-order valence-electron chi connectivity index (χ0n) is 12.5. The van der Waals surface area contributed by atoms with Gasteiger partial charge in [-0.05, 0) is 44.0 Å².